The Morgan fingerprint density at radius 2 is 1.75 bits per heavy atom. The number of halogens is 2. The standard InChI is InChI=1S/C19H19F2NOS/c1-11-9-14(22-24-4)10-15-16(11)17(18(21)19(2,3)23-15)12-5-7-13(20)8-6-12/h5-10,22H,1-4H3. The summed E-state index contributed by atoms with van der Waals surface area (Å²) in [4.78, 5) is 0. The van der Waals surface area contributed by atoms with Crippen LogP contribution in [0, 0.1) is 12.7 Å². The highest BCUT2D eigenvalue weighted by atomic mass is 32.2. The van der Waals surface area contributed by atoms with E-state index in [0.29, 0.717) is 22.4 Å². The maximum Gasteiger partial charge on any atom is 0.155 e. The summed E-state index contributed by atoms with van der Waals surface area (Å²) in [7, 11) is 0. The van der Waals surface area contributed by atoms with Crippen LogP contribution in [-0.4, -0.2) is 11.9 Å². The van der Waals surface area contributed by atoms with Crippen molar-refractivity contribution in [3.63, 3.8) is 0 Å². The van der Waals surface area contributed by atoms with Gasteiger partial charge in [-0.25, -0.2) is 8.78 Å². The van der Waals surface area contributed by atoms with Gasteiger partial charge >= 0.3 is 0 Å². The molecule has 0 spiro atoms. The van der Waals surface area contributed by atoms with Crippen molar-refractivity contribution in [1.29, 1.82) is 0 Å². The number of fused-ring (bicyclic) bond motifs is 1. The zero-order valence-corrected chi connectivity index (χ0v) is 14.9. The highest BCUT2D eigenvalue weighted by Gasteiger charge is 2.37. The van der Waals surface area contributed by atoms with Crippen molar-refractivity contribution in [2.45, 2.75) is 26.4 Å². The van der Waals surface area contributed by atoms with Gasteiger partial charge in [0, 0.05) is 29.1 Å². The van der Waals surface area contributed by atoms with Crippen LogP contribution in [0.25, 0.3) is 5.57 Å². The molecule has 0 unspecified atom stereocenters. The minimum atomic E-state index is -1.08. The summed E-state index contributed by atoms with van der Waals surface area (Å²) in [5, 5.41) is 0. The molecule has 1 aliphatic heterocycles. The Hall–Kier alpha value is -2.01. The lowest BCUT2D eigenvalue weighted by atomic mass is 9.86. The Morgan fingerprint density at radius 3 is 2.38 bits per heavy atom. The van der Waals surface area contributed by atoms with Crippen molar-refractivity contribution >= 4 is 23.2 Å². The Labute approximate surface area is 145 Å². The molecule has 0 radical (unpaired) electrons. The molecule has 2 aromatic rings. The SMILES string of the molecule is CSNc1cc(C)c2c(c1)OC(C)(C)C(F)=C2c1ccc(F)cc1. The predicted molar refractivity (Wildman–Crippen MR) is 96.6 cm³/mol. The monoisotopic (exact) mass is 347 g/mol. The molecular formula is C19H19F2NOS. The predicted octanol–water partition coefficient (Wildman–Crippen LogP) is 5.72. The third-order valence-corrected chi connectivity index (χ3v) is 4.46. The van der Waals surface area contributed by atoms with Gasteiger partial charge < -0.3 is 9.46 Å². The summed E-state index contributed by atoms with van der Waals surface area (Å²) < 4.78 is 37.5. The molecule has 0 saturated heterocycles. The van der Waals surface area contributed by atoms with Gasteiger partial charge in [-0.3, -0.25) is 0 Å². The van der Waals surface area contributed by atoms with Crippen molar-refractivity contribution in [3.05, 3.63) is 64.7 Å². The highest BCUT2D eigenvalue weighted by molar-refractivity contribution is 7.99. The molecule has 0 fully saturated rings. The zero-order valence-electron chi connectivity index (χ0n) is 14.0. The van der Waals surface area contributed by atoms with E-state index in [4.69, 9.17) is 4.74 Å². The molecule has 2 aromatic carbocycles. The molecule has 0 bridgehead atoms. The molecule has 1 aliphatic rings. The van der Waals surface area contributed by atoms with Crippen molar-refractivity contribution in [1.82, 2.24) is 0 Å². The second kappa shape index (κ2) is 6.13. The molecule has 0 aliphatic carbocycles. The van der Waals surface area contributed by atoms with Crippen LogP contribution in [0.2, 0.25) is 0 Å². The summed E-state index contributed by atoms with van der Waals surface area (Å²) in [6.45, 7) is 5.31. The minimum absolute atomic E-state index is 0.345. The lowest BCUT2D eigenvalue weighted by Gasteiger charge is -2.34. The van der Waals surface area contributed by atoms with Crippen LogP contribution in [0.3, 0.4) is 0 Å². The summed E-state index contributed by atoms with van der Waals surface area (Å²) >= 11 is 1.48. The number of benzene rings is 2. The number of anilines is 1. The molecule has 5 heteroatoms. The molecule has 3 rings (SSSR count). The van der Waals surface area contributed by atoms with Crippen LogP contribution in [0.5, 0.6) is 5.75 Å². The van der Waals surface area contributed by atoms with Crippen LogP contribution in [0.1, 0.15) is 30.5 Å². The van der Waals surface area contributed by atoms with Gasteiger partial charge in [-0.2, -0.15) is 0 Å². The Kier molecular flexibility index (Phi) is 4.30. The molecule has 126 valence electrons. The van der Waals surface area contributed by atoms with E-state index in [9.17, 15) is 4.39 Å². The van der Waals surface area contributed by atoms with Gasteiger partial charge in [0.1, 0.15) is 11.6 Å². The lowest BCUT2D eigenvalue weighted by molar-refractivity contribution is 0.117. The smallest absolute Gasteiger partial charge is 0.155 e. The Morgan fingerprint density at radius 1 is 1.08 bits per heavy atom. The zero-order chi connectivity index (χ0) is 17.5. The fourth-order valence-corrected chi connectivity index (χ4v) is 3.30. The Bertz CT molecular complexity index is 813. The van der Waals surface area contributed by atoms with Gasteiger partial charge in [0.25, 0.3) is 0 Å². The molecule has 2 nitrogen and oxygen atoms in total. The maximum absolute atomic E-state index is 15.2. The molecule has 0 atom stereocenters. The van der Waals surface area contributed by atoms with Crippen LogP contribution in [0.4, 0.5) is 14.5 Å². The second-order valence-electron chi connectivity index (χ2n) is 6.28. The maximum atomic E-state index is 15.2. The van der Waals surface area contributed by atoms with Crippen molar-refractivity contribution in [2.24, 2.45) is 0 Å². The lowest BCUT2D eigenvalue weighted by Crippen LogP contribution is -2.33. The third kappa shape index (κ3) is 2.88. The number of nitrogens with one attached hydrogen (secondary N) is 1. The topological polar surface area (TPSA) is 21.3 Å². The summed E-state index contributed by atoms with van der Waals surface area (Å²) in [5.41, 5.74) is 2.53. The number of hydrogen-bond donors (Lipinski definition) is 1. The molecular weight excluding hydrogens is 328 g/mol. The van der Waals surface area contributed by atoms with Gasteiger partial charge in [-0.1, -0.05) is 24.1 Å². The van der Waals surface area contributed by atoms with E-state index in [0.717, 1.165) is 11.3 Å². The minimum Gasteiger partial charge on any atom is -0.480 e. The quantitative estimate of drug-likeness (QED) is 0.717. The van der Waals surface area contributed by atoms with Gasteiger partial charge in [0.05, 0.1) is 0 Å². The molecule has 24 heavy (non-hydrogen) atoms. The fourth-order valence-electron chi connectivity index (χ4n) is 2.95. The summed E-state index contributed by atoms with van der Waals surface area (Å²) in [6.07, 6.45) is 1.93. The first kappa shape index (κ1) is 16.8. The molecule has 1 N–H and O–H groups in total. The first-order chi connectivity index (χ1) is 11.3. The molecule has 0 amide bonds. The van der Waals surface area contributed by atoms with Crippen LogP contribution in [-0.2, 0) is 0 Å². The summed E-state index contributed by atoms with van der Waals surface area (Å²) in [6, 6.07) is 9.71. The van der Waals surface area contributed by atoms with Crippen molar-refractivity contribution in [2.75, 3.05) is 11.0 Å². The largest absolute Gasteiger partial charge is 0.480 e. The normalized spacial score (nSPS) is 15.8. The average molecular weight is 347 g/mol. The van der Waals surface area contributed by atoms with E-state index >= 15 is 4.39 Å². The first-order valence-corrected chi connectivity index (χ1v) is 8.85. The van der Waals surface area contributed by atoms with Gasteiger partial charge in [0.2, 0.25) is 0 Å². The van der Waals surface area contributed by atoms with Crippen LogP contribution >= 0.6 is 11.9 Å². The Balaban J connectivity index is 2.25. The van der Waals surface area contributed by atoms with Crippen molar-refractivity contribution < 1.29 is 13.5 Å². The van der Waals surface area contributed by atoms with Crippen LogP contribution in [0.15, 0.2) is 42.2 Å². The van der Waals surface area contributed by atoms with Gasteiger partial charge in [-0.15, -0.1) is 0 Å². The highest BCUT2D eigenvalue weighted by Crippen LogP contribution is 2.47. The third-order valence-electron chi connectivity index (χ3n) is 4.02. The molecule has 1 heterocycles. The van der Waals surface area contributed by atoms with Gasteiger partial charge in [0.15, 0.2) is 11.4 Å². The fraction of sp³-hybridized carbons (Fsp3) is 0.263. The average Bonchev–Trinajstić information content (AvgIpc) is 2.50. The molecule has 0 aromatic heterocycles. The van der Waals surface area contributed by atoms with Gasteiger partial charge in [-0.05, 0) is 50.1 Å². The van der Waals surface area contributed by atoms with E-state index in [2.05, 4.69) is 4.72 Å². The first-order valence-electron chi connectivity index (χ1n) is 7.62. The number of hydrogen-bond acceptors (Lipinski definition) is 3. The second-order valence-corrected chi connectivity index (χ2v) is 6.89. The van der Waals surface area contributed by atoms with E-state index < -0.39 is 5.60 Å². The van der Waals surface area contributed by atoms with E-state index in [-0.39, 0.29) is 11.6 Å². The van der Waals surface area contributed by atoms with Crippen LogP contribution < -0.4 is 9.46 Å². The number of rotatable bonds is 3. The van der Waals surface area contributed by atoms with E-state index in [1.165, 1.54) is 24.1 Å². The summed E-state index contributed by atoms with van der Waals surface area (Å²) in [5.74, 6) is -0.0740. The van der Waals surface area contributed by atoms with E-state index in [1.54, 1.807) is 26.0 Å². The molecule has 0 saturated carbocycles. The number of aryl methyl sites for hydroxylation is 1. The van der Waals surface area contributed by atoms with Crippen molar-refractivity contribution in [3.8, 4) is 5.75 Å². The van der Waals surface area contributed by atoms with E-state index in [1.807, 2.05) is 25.3 Å². The number of ether oxygens (including phenoxy) is 1.